The molecule has 0 radical (unpaired) electrons. The van der Waals surface area contributed by atoms with E-state index in [1.54, 1.807) is 12.1 Å². The Morgan fingerprint density at radius 1 is 1.47 bits per heavy atom. The number of thioether (sulfide) groups is 1. The zero-order chi connectivity index (χ0) is 13.1. The van der Waals surface area contributed by atoms with Crippen molar-refractivity contribution in [2.75, 3.05) is 19.9 Å². The molecular formula is C13H18IN3OS. The molecule has 1 atom stereocenters. The number of ether oxygens (including phenoxy) is 1. The molecule has 1 aromatic carbocycles. The highest BCUT2D eigenvalue weighted by Gasteiger charge is 2.27. The Morgan fingerprint density at radius 3 is 2.79 bits per heavy atom. The molecule has 0 bridgehead atoms. The lowest BCUT2D eigenvalue weighted by Gasteiger charge is -2.12. The third-order valence-electron chi connectivity index (χ3n) is 2.95. The van der Waals surface area contributed by atoms with Gasteiger partial charge in [0.25, 0.3) is 0 Å². The van der Waals surface area contributed by atoms with Crippen molar-refractivity contribution in [3.63, 3.8) is 0 Å². The van der Waals surface area contributed by atoms with Gasteiger partial charge in [-0.1, -0.05) is 30.8 Å². The Labute approximate surface area is 135 Å². The fourth-order valence-corrected chi connectivity index (χ4v) is 2.35. The topological polar surface area (TPSA) is 48.7 Å². The lowest BCUT2D eigenvalue weighted by atomic mass is 9.99. The smallest absolute Gasteiger partial charge is 0.176 e. The van der Waals surface area contributed by atoms with Crippen LogP contribution in [0.1, 0.15) is 12.5 Å². The summed E-state index contributed by atoms with van der Waals surface area (Å²) < 4.78 is 5.37. The number of nitrogens with one attached hydrogen (secondary N) is 1. The van der Waals surface area contributed by atoms with Gasteiger partial charge in [-0.15, -0.1) is 24.0 Å². The van der Waals surface area contributed by atoms with Crippen molar-refractivity contribution >= 4 is 46.6 Å². The van der Waals surface area contributed by atoms with Crippen molar-refractivity contribution < 1.29 is 4.74 Å². The Morgan fingerprint density at radius 2 is 2.16 bits per heavy atom. The van der Waals surface area contributed by atoms with Crippen LogP contribution in [0.5, 0.6) is 5.75 Å². The second-order valence-corrected chi connectivity index (χ2v) is 4.97. The number of hydrogen-bond donors (Lipinski definition) is 1. The maximum absolute atomic E-state index is 7.83. The lowest BCUT2D eigenvalue weighted by molar-refractivity contribution is 0.413. The maximum atomic E-state index is 7.83. The second-order valence-electron chi connectivity index (χ2n) is 4.18. The highest BCUT2D eigenvalue weighted by molar-refractivity contribution is 14.0. The monoisotopic (exact) mass is 391 g/mol. The normalized spacial score (nSPS) is 17.7. The number of benzene rings is 1. The zero-order valence-corrected chi connectivity index (χ0v) is 14.4. The van der Waals surface area contributed by atoms with Crippen LogP contribution in [0.25, 0.3) is 0 Å². The van der Waals surface area contributed by atoms with Crippen LogP contribution in [0.4, 0.5) is 0 Å². The Kier molecular flexibility index (Phi) is 6.12. The molecule has 0 aromatic heterocycles. The van der Waals surface area contributed by atoms with Gasteiger partial charge in [-0.3, -0.25) is 5.41 Å². The van der Waals surface area contributed by atoms with E-state index in [-0.39, 0.29) is 24.0 Å². The number of para-hydroxylation sites is 1. The number of amidine groups is 1. The average Bonchev–Trinajstić information content (AvgIpc) is 2.79. The minimum atomic E-state index is 0. The summed E-state index contributed by atoms with van der Waals surface area (Å²) in [6, 6.07) is 7.88. The van der Waals surface area contributed by atoms with Crippen molar-refractivity contribution in [2.24, 2.45) is 11.0 Å². The minimum Gasteiger partial charge on any atom is -0.496 e. The van der Waals surface area contributed by atoms with Gasteiger partial charge in [0, 0.05) is 11.5 Å². The molecule has 104 valence electrons. The standard InChI is InChI=1S/C13H17N3OS.HI/c1-9-8-16(13(14)18-3)15-12(9)10-6-4-5-7-11(10)17-2;/h4-7,9,14H,8H2,1-3H3;1H. The summed E-state index contributed by atoms with van der Waals surface area (Å²) >= 11 is 1.40. The van der Waals surface area contributed by atoms with Gasteiger partial charge in [-0.05, 0) is 18.4 Å². The van der Waals surface area contributed by atoms with E-state index in [1.165, 1.54) is 11.8 Å². The van der Waals surface area contributed by atoms with Crippen LogP contribution in [0.3, 0.4) is 0 Å². The molecule has 1 unspecified atom stereocenters. The molecule has 0 saturated carbocycles. The SMILES string of the molecule is COc1ccccc1C1=NN(C(=N)SC)CC1C.I. The summed E-state index contributed by atoms with van der Waals surface area (Å²) in [6.45, 7) is 2.88. The Bertz CT molecular complexity index is 493. The van der Waals surface area contributed by atoms with E-state index in [1.807, 2.05) is 30.5 Å². The van der Waals surface area contributed by atoms with Gasteiger partial charge in [0.15, 0.2) is 5.17 Å². The highest BCUT2D eigenvalue weighted by Crippen LogP contribution is 2.27. The molecule has 0 amide bonds. The Balaban J connectivity index is 0.00000180. The maximum Gasteiger partial charge on any atom is 0.176 e. The van der Waals surface area contributed by atoms with Gasteiger partial charge in [-0.25, -0.2) is 5.01 Å². The van der Waals surface area contributed by atoms with Crippen molar-refractivity contribution in [1.82, 2.24) is 5.01 Å². The zero-order valence-electron chi connectivity index (χ0n) is 11.2. The minimum absolute atomic E-state index is 0. The van der Waals surface area contributed by atoms with Crippen molar-refractivity contribution in [3.05, 3.63) is 29.8 Å². The molecule has 4 nitrogen and oxygen atoms in total. The average molecular weight is 391 g/mol. The number of hydrazone groups is 1. The molecule has 1 N–H and O–H groups in total. The largest absolute Gasteiger partial charge is 0.496 e. The van der Waals surface area contributed by atoms with Crippen molar-refractivity contribution in [3.8, 4) is 5.75 Å². The summed E-state index contributed by atoms with van der Waals surface area (Å²) in [5, 5.41) is 14.6. The van der Waals surface area contributed by atoms with Gasteiger partial charge in [0.1, 0.15) is 5.75 Å². The van der Waals surface area contributed by atoms with Gasteiger partial charge in [-0.2, -0.15) is 5.10 Å². The van der Waals surface area contributed by atoms with E-state index in [2.05, 4.69) is 12.0 Å². The first-order valence-electron chi connectivity index (χ1n) is 5.79. The second kappa shape index (κ2) is 7.14. The molecule has 6 heteroatoms. The molecule has 1 heterocycles. The fourth-order valence-electron chi connectivity index (χ4n) is 2.02. The highest BCUT2D eigenvalue weighted by atomic mass is 127. The molecule has 19 heavy (non-hydrogen) atoms. The first kappa shape index (κ1) is 16.3. The van der Waals surface area contributed by atoms with Gasteiger partial charge < -0.3 is 4.74 Å². The van der Waals surface area contributed by atoms with E-state index in [9.17, 15) is 0 Å². The van der Waals surface area contributed by atoms with Gasteiger partial charge in [0.2, 0.25) is 0 Å². The number of rotatable bonds is 2. The molecular weight excluding hydrogens is 373 g/mol. The molecule has 2 rings (SSSR count). The molecule has 0 saturated heterocycles. The van der Waals surface area contributed by atoms with Crippen LogP contribution in [-0.2, 0) is 0 Å². The first-order chi connectivity index (χ1) is 8.67. The van der Waals surface area contributed by atoms with E-state index in [0.29, 0.717) is 11.1 Å². The third kappa shape index (κ3) is 3.42. The van der Waals surface area contributed by atoms with Crippen molar-refractivity contribution in [2.45, 2.75) is 6.92 Å². The molecule has 1 aromatic rings. The predicted molar refractivity (Wildman–Crippen MR) is 92.1 cm³/mol. The number of hydrogen-bond acceptors (Lipinski definition) is 4. The molecule has 1 aliphatic rings. The summed E-state index contributed by atoms with van der Waals surface area (Å²) in [7, 11) is 1.67. The molecule has 0 fully saturated rings. The third-order valence-corrected chi connectivity index (χ3v) is 3.55. The first-order valence-corrected chi connectivity index (χ1v) is 7.01. The fraction of sp³-hybridized carbons (Fsp3) is 0.385. The van der Waals surface area contributed by atoms with Crippen LogP contribution in [0.2, 0.25) is 0 Å². The summed E-state index contributed by atoms with van der Waals surface area (Å²) in [5.41, 5.74) is 2.01. The van der Waals surface area contributed by atoms with Crippen LogP contribution in [0, 0.1) is 11.3 Å². The van der Waals surface area contributed by atoms with Crippen LogP contribution < -0.4 is 4.74 Å². The Hall–Kier alpha value is -0.760. The van der Waals surface area contributed by atoms with Crippen molar-refractivity contribution in [1.29, 1.82) is 5.41 Å². The summed E-state index contributed by atoms with van der Waals surface area (Å²) in [4.78, 5) is 0. The summed E-state index contributed by atoms with van der Waals surface area (Å²) in [5.74, 6) is 1.13. The van der Waals surface area contributed by atoms with E-state index in [4.69, 9.17) is 10.1 Å². The number of nitrogens with zero attached hydrogens (tertiary/aromatic N) is 2. The predicted octanol–water partition coefficient (Wildman–Crippen LogP) is 3.27. The van der Waals surface area contributed by atoms with Crippen LogP contribution in [0.15, 0.2) is 29.4 Å². The quantitative estimate of drug-likeness (QED) is 0.478. The molecule has 1 aliphatic heterocycles. The van der Waals surface area contributed by atoms with E-state index in [0.717, 1.165) is 23.6 Å². The number of methoxy groups -OCH3 is 1. The van der Waals surface area contributed by atoms with Gasteiger partial charge >= 0.3 is 0 Å². The van der Waals surface area contributed by atoms with Crippen LogP contribution >= 0.6 is 35.7 Å². The van der Waals surface area contributed by atoms with E-state index < -0.39 is 0 Å². The van der Waals surface area contributed by atoms with E-state index >= 15 is 0 Å². The van der Waals surface area contributed by atoms with Gasteiger partial charge in [0.05, 0.1) is 19.4 Å². The lowest BCUT2D eigenvalue weighted by Crippen LogP contribution is -2.22. The molecule has 0 spiro atoms. The molecule has 0 aliphatic carbocycles. The van der Waals surface area contributed by atoms with Crippen LogP contribution in [-0.4, -0.2) is 35.8 Å². The summed E-state index contributed by atoms with van der Waals surface area (Å²) in [6.07, 6.45) is 1.89. The number of halogens is 1.